The maximum absolute atomic E-state index is 11.7. The smallest absolute Gasteiger partial charge is 0.326 e. The lowest BCUT2D eigenvalue weighted by atomic mass is 10.0. The van der Waals surface area contributed by atoms with Crippen LogP contribution in [0, 0.1) is 5.92 Å². The van der Waals surface area contributed by atoms with Crippen molar-refractivity contribution in [3.05, 3.63) is 29.8 Å². The van der Waals surface area contributed by atoms with Gasteiger partial charge in [-0.2, -0.15) is 0 Å². The SMILES string of the molecule is CC(C)[C@@H](NC(=O)CCc1ccc(N)cc1)C(=O)O. The highest BCUT2D eigenvalue weighted by molar-refractivity contribution is 5.83. The Balaban J connectivity index is 2.47. The van der Waals surface area contributed by atoms with Crippen molar-refractivity contribution in [2.24, 2.45) is 5.92 Å². The van der Waals surface area contributed by atoms with Crippen molar-refractivity contribution in [3.8, 4) is 0 Å². The van der Waals surface area contributed by atoms with E-state index in [2.05, 4.69) is 5.32 Å². The molecule has 1 aromatic rings. The Labute approximate surface area is 112 Å². The van der Waals surface area contributed by atoms with Crippen LogP contribution in [0.3, 0.4) is 0 Å². The number of hydrogen-bond donors (Lipinski definition) is 3. The van der Waals surface area contributed by atoms with Gasteiger partial charge in [0.15, 0.2) is 0 Å². The number of nitrogen functional groups attached to an aromatic ring is 1. The number of amides is 1. The molecule has 0 aliphatic carbocycles. The molecule has 0 radical (unpaired) electrons. The summed E-state index contributed by atoms with van der Waals surface area (Å²) in [7, 11) is 0. The molecule has 1 amide bonds. The summed E-state index contributed by atoms with van der Waals surface area (Å²) in [6, 6.07) is 6.45. The van der Waals surface area contributed by atoms with Crippen molar-refractivity contribution >= 4 is 17.6 Å². The van der Waals surface area contributed by atoms with Gasteiger partial charge in [-0.25, -0.2) is 4.79 Å². The van der Waals surface area contributed by atoms with Crippen LogP contribution in [0.15, 0.2) is 24.3 Å². The summed E-state index contributed by atoms with van der Waals surface area (Å²) in [6.07, 6.45) is 0.830. The van der Waals surface area contributed by atoms with Gasteiger partial charge >= 0.3 is 5.97 Å². The van der Waals surface area contributed by atoms with Crippen molar-refractivity contribution < 1.29 is 14.7 Å². The van der Waals surface area contributed by atoms with Gasteiger partial charge in [-0.05, 0) is 30.0 Å². The van der Waals surface area contributed by atoms with Crippen molar-refractivity contribution in [1.82, 2.24) is 5.32 Å². The molecule has 1 atom stereocenters. The number of hydrogen-bond acceptors (Lipinski definition) is 3. The molecule has 0 saturated heterocycles. The molecule has 0 saturated carbocycles. The van der Waals surface area contributed by atoms with Gasteiger partial charge in [-0.15, -0.1) is 0 Å². The van der Waals surface area contributed by atoms with Crippen molar-refractivity contribution in [3.63, 3.8) is 0 Å². The van der Waals surface area contributed by atoms with Crippen molar-refractivity contribution in [2.75, 3.05) is 5.73 Å². The first kappa shape index (κ1) is 15.0. The molecule has 0 aliphatic heterocycles. The third-order valence-corrected chi connectivity index (χ3v) is 2.87. The number of nitrogens with one attached hydrogen (secondary N) is 1. The second-order valence-electron chi connectivity index (χ2n) is 4.87. The average Bonchev–Trinajstić information content (AvgIpc) is 2.34. The van der Waals surface area contributed by atoms with Gasteiger partial charge in [0.25, 0.3) is 0 Å². The first-order chi connectivity index (χ1) is 8.90. The maximum Gasteiger partial charge on any atom is 0.326 e. The third kappa shape index (κ3) is 4.99. The van der Waals surface area contributed by atoms with Gasteiger partial charge in [0.1, 0.15) is 6.04 Å². The lowest BCUT2D eigenvalue weighted by molar-refractivity contribution is -0.143. The van der Waals surface area contributed by atoms with E-state index >= 15 is 0 Å². The molecular formula is C14H20N2O3. The monoisotopic (exact) mass is 264 g/mol. The molecule has 104 valence electrons. The number of aliphatic carboxylic acids is 1. The van der Waals surface area contributed by atoms with Crippen molar-refractivity contribution in [1.29, 1.82) is 0 Å². The molecule has 0 spiro atoms. The summed E-state index contributed by atoms with van der Waals surface area (Å²) in [5.41, 5.74) is 7.25. The molecule has 0 heterocycles. The second kappa shape index (κ2) is 6.78. The molecule has 0 unspecified atom stereocenters. The van der Waals surface area contributed by atoms with Crippen LogP contribution in [-0.4, -0.2) is 23.0 Å². The quantitative estimate of drug-likeness (QED) is 0.678. The normalized spacial score (nSPS) is 12.2. The molecule has 1 rings (SSSR count). The van der Waals surface area contributed by atoms with E-state index in [-0.39, 0.29) is 18.2 Å². The molecule has 0 aliphatic rings. The van der Waals surface area contributed by atoms with E-state index < -0.39 is 12.0 Å². The van der Waals surface area contributed by atoms with Crippen molar-refractivity contribution in [2.45, 2.75) is 32.7 Å². The number of anilines is 1. The predicted molar refractivity (Wildman–Crippen MR) is 73.6 cm³/mol. The molecule has 0 aromatic heterocycles. The van der Waals surface area contributed by atoms with E-state index in [1.807, 2.05) is 12.1 Å². The highest BCUT2D eigenvalue weighted by Crippen LogP contribution is 2.08. The van der Waals surface area contributed by atoms with Gasteiger partial charge in [-0.1, -0.05) is 26.0 Å². The van der Waals surface area contributed by atoms with Crippen LogP contribution in [0.2, 0.25) is 0 Å². The summed E-state index contributed by atoms with van der Waals surface area (Å²) >= 11 is 0. The number of rotatable bonds is 6. The number of carbonyl (C=O) groups excluding carboxylic acids is 1. The molecule has 1 aromatic carbocycles. The minimum atomic E-state index is -1.00. The molecule has 19 heavy (non-hydrogen) atoms. The summed E-state index contributed by atoms with van der Waals surface area (Å²) in [5, 5.41) is 11.5. The molecule has 0 fully saturated rings. The Morgan fingerprint density at radius 3 is 2.32 bits per heavy atom. The van der Waals surface area contributed by atoms with Crippen LogP contribution >= 0.6 is 0 Å². The van der Waals surface area contributed by atoms with Crippen LogP contribution < -0.4 is 11.1 Å². The van der Waals surface area contributed by atoms with Gasteiger partial charge in [0.2, 0.25) is 5.91 Å². The number of aryl methyl sites for hydroxylation is 1. The predicted octanol–water partition coefficient (Wildman–Crippen LogP) is 1.43. The Hall–Kier alpha value is -2.04. The van der Waals surface area contributed by atoms with Gasteiger partial charge in [0.05, 0.1) is 0 Å². The van der Waals surface area contributed by atoms with E-state index in [9.17, 15) is 9.59 Å². The summed E-state index contributed by atoms with van der Waals surface area (Å²) in [4.78, 5) is 22.7. The second-order valence-corrected chi connectivity index (χ2v) is 4.87. The summed E-state index contributed by atoms with van der Waals surface area (Å²) < 4.78 is 0. The number of benzene rings is 1. The number of carboxylic acid groups (broad SMARTS) is 1. The zero-order valence-corrected chi connectivity index (χ0v) is 11.2. The largest absolute Gasteiger partial charge is 0.480 e. The molecule has 0 bridgehead atoms. The van der Waals surface area contributed by atoms with E-state index in [0.717, 1.165) is 5.56 Å². The Kier molecular flexibility index (Phi) is 5.36. The van der Waals surface area contributed by atoms with Gasteiger partial charge < -0.3 is 16.2 Å². The number of nitrogens with two attached hydrogens (primary N) is 1. The molecule has 4 N–H and O–H groups in total. The molecule has 5 nitrogen and oxygen atoms in total. The van der Waals surface area contributed by atoms with Gasteiger partial charge in [-0.3, -0.25) is 4.79 Å². The molecular weight excluding hydrogens is 244 g/mol. The van der Waals surface area contributed by atoms with Gasteiger partial charge in [0, 0.05) is 12.1 Å². The Morgan fingerprint density at radius 2 is 1.84 bits per heavy atom. The standard InChI is InChI=1S/C14H20N2O3/c1-9(2)13(14(18)19)16-12(17)8-5-10-3-6-11(15)7-4-10/h3-4,6-7,9,13H,5,8,15H2,1-2H3,(H,16,17)(H,18,19)/t13-/m1/s1. The first-order valence-corrected chi connectivity index (χ1v) is 6.26. The first-order valence-electron chi connectivity index (χ1n) is 6.26. The zero-order valence-electron chi connectivity index (χ0n) is 11.2. The fourth-order valence-electron chi connectivity index (χ4n) is 1.70. The van der Waals surface area contributed by atoms with Crippen LogP contribution in [0.5, 0.6) is 0 Å². The minimum absolute atomic E-state index is 0.141. The number of carbonyl (C=O) groups is 2. The van der Waals surface area contributed by atoms with E-state index in [4.69, 9.17) is 10.8 Å². The van der Waals surface area contributed by atoms with E-state index in [1.54, 1.807) is 26.0 Å². The van der Waals surface area contributed by atoms with E-state index in [0.29, 0.717) is 12.1 Å². The van der Waals surface area contributed by atoms with Crippen LogP contribution in [-0.2, 0) is 16.0 Å². The fourth-order valence-corrected chi connectivity index (χ4v) is 1.70. The lowest BCUT2D eigenvalue weighted by Crippen LogP contribution is -2.44. The van der Waals surface area contributed by atoms with Crippen LogP contribution in [0.4, 0.5) is 5.69 Å². The average molecular weight is 264 g/mol. The Bertz CT molecular complexity index is 441. The van der Waals surface area contributed by atoms with Crippen LogP contribution in [0.25, 0.3) is 0 Å². The highest BCUT2D eigenvalue weighted by atomic mass is 16.4. The van der Waals surface area contributed by atoms with E-state index in [1.165, 1.54) is 0 Å². The number of carboxylic acids is 1. The maximum atomic E-state index is 11.7. The zero-order chi connectivity index (χ0) is 14.4. The topological polar surface area (TPSA) is 92.4 Å². The summed E-state index contributed by atoms with van der Waals surface area (Å²) in [6.45, 7) is 3.53. The Morgan fingerprint density at radius 1 is 1.26 bits per heavy atom. The minimum Gasteiger partial charge on any atom is -0.480 e. The highest BCUT2D eigenvalue weighted by Gasteiger charge is 2.22. The fraction of sp³-hybridized carbons (Fsp3) is 0.429. The summed E-state index contributed by atoms with van der Waals surface area (Å²) in [5.74, 6) is -1.40. The molecule has 5 heteroatoms. The third-order valence-electron chi connectivity index (χ3n) is 2.87. The van der Waals surface area contributed by atoms with Crippen LogP contribution in [0.1, 0.15) is 25.8 Å². The lowest BCUT2D eigenvalue weighted by Gasteiger charge is -2.17.